The highest BCUT2D eigenvalue weighted by atomic mass is 32.1. The first-order valence-corrected chi connectivity index (χ1v) is 10.3. The molecule has 4 nitrogen and oxygen atoms in total. The summed E-state index contributed by atoms with van der Waals surface area (Å²) in [6.45, 7) is 4.32. The van der Waals surface area contributed by atoms with Crippen molar-refractivity contribution in [2.45, 2.75) is 39.5 Å². The molecule has 1 aromatic carbocycles. The monoisotopic (exact) mass is 383 g/mol. The summed E-state index contributed by atoms with van der Waals surface area (Å²) in [6.07, 6.45) is 7.31. The number of carbonyl (C=O) groups excluding carboxylic acids is 2. The van der Waals surface area contributed by atoms with E-state index in [2.05, 4.69) is 12.2 Å². The average molecular weight is 384 g/mol. The molecule has 2 aromatic rings. The van der Waals surface area contributed by atoms with Gasteiger partial charge in [0.1, 0.15) is 5.00 Å². The molecule has 0 unspecified atom stereocenters. The zero-order valence-corrected chi connectivity index (χ0v) is 16.6. The van der Waals surface area contributed by atoms with Crippen molar-refractivity contribution in [3.63, 3.8) is 0 Å². The van der Waals surface area contributed by atoms with Crippen molar-refractivity contribution >= 4 is 34.3 Å². The molecule has 1 amide bonds. The lowest BCUT2D eigenvalue weighted by Crippen LogP contribution is -2.16. The summed E-state index contributed by atoms with van der Waals surface area (Å²) in [5, 5.41) is 3.51. The Kier molecular flexibility index (Phi) is 6.45. The predicted molar refractivity (Wildman–Crippen MR) is 110 cm³/mol. The number of anilines is 1. The SMILES string of the molecule is CCOC(=O)c1c(NC(=O)/C=C/c2ccccc2)sc2c1CC[C@H](CC)C2. The molecule has 0 fully saturated rings. The fourth-order valence-electron chi connectivity index (χ4n) is 3.40. The predicted octanol–water partition coefficient (Wildman–Crippen LogP) is 5.09. The van der Waals surface area contributed by atoms with Gasteiger partial charge in [-0.1, -0.05) is 43.7 Å². The minimum absolute atomic E-state index is 0.241. The molecule has 0 saturated carbocycles. The highest BCUT2D eigenvalue weighted by Crippen LogP contribution is 2.40. The fourth-order valence-corrected chi connectivity index (χ4v) is 4.75. The second-order valence-corrected chi connectivity index (χ2v) is 7.78. The zero-order chi connectivity index (χ0) is 19.2. The number of hydrogen-bond acceptors (Lipinski definition) is 4. The summed E-state index contributed by atoms with van der Waals surface area (Å²) in [5.74, 6) is 0.0649. The molecule has 0 radical (unpaired) electrons. The van der Waals surface area contributed by atoms with Crippen LogP contribution < -0.4 is 5.32 Å². The van der Waals surface area contributed by atoms with Gasteiger partial charge in [-0.15, -0.1) is 11.3 Å². The molecule has 1 aliphatic carbocycles. The van der Waals surface area contributed by atoms with Gasteiger partial charge in [-0.3, -0.25) is 4.79 Å². The average Bonchev–Trinajstić information content (AvgIpc) is 3.04. The van der Waals surface area contributed by atoms with E-state index in [1.165, 1.54) is 22.3 Å². The Hall–Kier alpha value is -2.40. The number of nitrogens with one attached hydrogen (secondary N) is 1. The van der Waals surface area contributed by atoms with Gasteiger partial charge in [-0.2, -0.15) is 0 Å². The van der Waals surface area contributed by atoms with Crippen LogP contribution in [-0.2, 0) is 22.4 Å². The number of fused-ring (bicyclic) bond motifs is 1. The van der Waals surface area contributed by atoms with E-state index in [1.807, 2.05) is 30.3 Å². The molecule has 1 aromatic heterocycles. The molecule has 0 saturated heterocycles. The van der Waals surface area contributed by atoms with E-state index in [0.717, 1.165) is 36.8 Å². The molecular formula is C22H25NO3S. The van der Waals surface area contributed by atoms with Gasteiger partial charge in [0.25, 0.3) is 0 Å². The maximum Gasteiger partial charge on any atom is 0.341 e. The van der Waals surface area contributed by atoms with Crippen LogP contribution in [0.4, 0.5) is 5.00 Å². The third kappa shape index (κ3) is 4.66. The Morgan fingerprint density at radius 1 is 1.26 bits per heavy atom. The molecule has 142 valence electrons. The molecule has 0 spiro atoms. The second kappa shape index (κ2) is 9.00. The topological polar surface area (TPSA) is 55.4 Å². The van der Waals surface area contributed by atoms with E-state index in [1.54, 1.807) is 13.0 Å². The van der Waals surface area contributed by atoms with Crippen LogP contribution in [0.3, 0.4) is 0 Å². The highest BCUT2D eigenvalue weighted by Gasteiger charge is 2.29. The summed E-state index contributed by atoms with van der Waals surface area (Å²) < 4.78 is 5.26. The summed E-state index contributed by atoms with van der Waals surface area (Å²) in [5.41, 5.74) is 2.56. The van der Waals surface area contributed by atoms with Crippen LogP contribution in [-0.4, -0.2) is 18.5 Å². The second-order valence-electron chi connectivity index (χ2n) is 6.68. The number of thiophene rings is 1. The fraction of sp³-hybridized carbons (Fsp3) is 0.364. The molecule has 0 bridgehead atoms. The van der Waals surface area contributed by atoms with Crippen molar-refractivity contribution < 1.29 is 14.3 Å². The molecular weight excluding hydrogens is 358 g/mol. The van der Waals surface area contributed by atoms with Gasteiger partial charge in [0.05, 0.1) is 12.2 Å². The van der Waals surface area contributed by atoms with Crippen molar-refractivity contribution in [3.05, 3.63) is 58.0 Å². The largest absolute Gasteiger partial charge is 0.462 e. The quantitative estimate of drug-likeness (QED) is 0.558. The van der Waals surface area contributed by atoms with E-state index in [4.69, 9.17) is 4.74 Å². The van der Waals surface area contributed by atoms with Crippen LogP contribution in [0, 0.1) is 5.92 Å². The minimum Gasteiger partial charge on any atom is -0.462 e. The molecule has 3 rings (SSSR count). The van der Waals surface area contributed by atoms with Gasteiger partial charge in [-0.25, -0.2) is 4.79 Å². The third-order valence-corrected chi connectivity index (χ3v) is 6.06. The Morgan fingerprint density at radius 3 is 2.74 bits per heavy atom. The molecule has 1 aliphatic rings. The number of hydrogen-bond donors (Lipinski definition) is 1. The lowest BCUT2D eigenvalue weighted by Gasteiger charge is -2.20. The number of benzene rings is 1. The maximum atomic E-state index is 12.5. The summed E-state index contributed by atoms with van der Waals surface area (Å²) in [6, 6.07) is 9.65. The smallest absolute Gasteiger partial charge is 0.341 e. The van der Waals surface area contributed by atoms with Crippen LogP contribution >= 0.6 is 11.3 Å². The lowest BCUT2D eigenvalue weighted by molar-refractivity contribution is -0.111. The maximum absolute atomic E-state index is 12.5. The van der Waals surface area contributed by atoms with Crippen molar-refractivity contribution in [1.29, 1.82) is 0 Å². The Labute approximate surface area is 164 Å². The summed E-state index contributed by atoms with van der Waals surface area (Å²) in [4.78, 5) is 26.1. The highest BCUT2D eigenvalue weighted by molar-refractivity contribution is 7.17. The van der Waals surface area contributed by atoms with Crippen molar-refractivity contribution in [2.24, 2.45) is 5.92 Å². The van der Waals surface area contributed by atoms with Gasteiger partial charge in [0.15, 0.2) is 0 Å². The molecule has 27 heavy (non-hydrogen) atoms. The third-order valence-electron chi connectivity index (χ3n) is 4.89. The molecule has 1 atom stereocenters. The van der Waals surface area contributed by atoms with Gasteiger partial charge in [0, 0.05) is 11.0 Å². The van der Waals surface area contributed by atoms with E-state index in [9.17, 15) is 9.59 Å². The first-order valence-electron chi connectivity index (χ1n) is 9.48. The first kappa shape index (κ1) is 19.4. The standard InChI is InChI=1S/C22H25NO3S/c1-3-15-10-12-17-18(14-15)27-21(20(17)22(25)26-4-2)23-19(24)13-11-16-8-6-5-7-9-16/h5-9,11,13,15H,3-4,10,12,14H2,1-2H3,(H,23,24)/b13-11+/t15-/m0/s1. The Morgan fingerprint density at radius 2 is 2.04 bits per heavy atom. The minimum atomic E-state index is -0.340. The lowest BCUT2D eigenvalue weighted by atomic mass is 9.85. The molecule has 5 heteroatoms. The summed E-state index contributed by atoms with van der Waals surface area (Å²) in [7, 11) is 0. The van der Waals surface area contributed by atoms with Crippen molar-refractivity contribution in [3.8, 4) is 0 Å². The molecule has 1 heterocycles. The van der Waals surface area contributed by atoms with Gasteiger partial charge >= 0.3 is 5.97 Å². The number of ether oxygens (including phenoxy) is 1. The first-order chi connectivity index (χ1) is 13.1. The van der Waals surface area contributed by atoms with Gasteiger partial charge in [-0.05, 0) is 49.3 Å². The number of amides is 1. The Bertz CT molecular complexity index is 839. The normalized spacial score (nSPS) is 16.1. The van der Waals surface area contributed by atoms with E-state index in [-0.39, 0.29) is 11.9 Å². The van der Waals surface area contributed by atoms with Crippen LogP contribution in [0.1, 0.15) is 53.1 Å². The number of carbonyl (C=O) groups is 2. The zero-order valence-electron chi connectivity index (χ0n) is 15.8. The van der Waals surface area contributed by atoms with Gasteiger partial charge < -0.3 is 10.1 Å². The van der Waals surface area contributed by atoms with Crippen molar-refractivity contribution in [1.82, 2.24) is 0 Å². The van der Waals surface area contributed by atoms with Crippen LogP contribution in [0.15, 0.2) is 36.4 Å². The summed E-state index contributed by atoms with van der Waals surface area (Å²) >= 11 is 1.52. The van der Waals surface area contributed by atoms with E-state index >= 15 is 0 Å². The van der Waals surface area contributed by atoms with Crippen molar-refractivity contribution in [2.75, 3.05) is 11.9 Å². The van der Waals surface area contributed by atoms with E-state index in [0.29, 0.717) is 23.1 Å². The number of esters is 1. The van der Waals surface area contributed by atoms with Crippen LogP contribution in [0.5, 0.6) is 0 Å². The van der Waals surface area contributed by atoms with E-state index < -0.39 is 0 Å². The number of rotatable bonds is 6. The van der Waals surface area contributed by atoms with Crippen LogP contribution in [0.2, 0.25) is 0 Å². The van der Waals surface area contributed by atoms with Crippen LogP contribution in [0.25, 0.3) is 6.08 Å². The molecule has 0 aliphatic heterocycles. The molecule has 1 N–H and O–H groups in total. The Balaban J connectivity index is 1.83. The van der Waals surface area contributed by atoms with Gasteiger partial charge in [0.2, 0.25) is 5.91 Å².